The van der Waals surface area contributed by atoms with Crippen LogP contribution in [-0.4, -0.2) is 59.3 Å². The Labute approximate surface area is 188 Å². The first kappa shape index (κ1) is 21.4. The van der Waals surface area contributed by atoms with Crippen molar-refractivity contribution in [2.45, 2.75) is 25.6 Å². The number of fused-ring (bicyclic) bond motifs is 2. The van der Waals surface area contributed by atoms with Crippen LogP contribution in [0.15, 0.2) is 30.7 Å². The summed E-state index contributed by atoms with van der Waals surface area (Å²) in [4.78, 5) is 18.6. The summed E-state index contributed by atoms with van der Waals surface area (Å²) in [5, 5.41) is 0.733. The fourth-order valence-corrected chi connectivity index (χ4v) is 5.89. The number of piperidine rings is 1. The Morgan fingerprint density at radius 1 is 1.12 bits per heavy atom. The highest BCUT2D eigenvalue weighted by Gasteiger charge is 2.38. The van der Waals surface area contributed by atoms with Gasteiger partial charge in [-0.25, -0.2) is 15.0 Å². The zero-order valence-electron chi connectivity index (χ0n) is 17.7. The molecule has 2 saturated heterocycles. The Bertz CT molecular complexity index is 1090. The van der Waals surface area contributed by atoms with Gasteiger partial charge in [0.25, 0.3) is 0 Å². The van der Waals surface area contributed by atoms with Gasteiger partial charge in [-0.3, -0.25) is 4.90 Å². The van der Waals surface area contributed by atoms with Gasteiger partial charge in [0, 0.05) is 43.3 Å². The molecule has 0 bridgehead atoms. The first-order valence-corrected chi connectivity index (χ1v) is 11.5. The van der Waals surface area contributed by atoms with Crippen LogP contribution in [0.2, 0.25) is 0 Å². The molecule has 10 heteroatoms. The van der Waals surface area contributed by atoms with Gasteiger partial charge >= 0.3 is 6.18 Å². The van der Waals surface area contributed by atoms with Gasteiger partial charge < -0.3 is 9.64 Å². The van der Waals surface area contributed by atoms with Gasteiger partial charge in [-0.1, -0.05) is 6.07 Å². The first-order chi connectivity index (χ1) is 15.4. The molecule has 0 radical (unpaired) electrons. The SMILES string of the molecule is COc1ccc(CN2CC[C@@H]3CN(c4ncnc5sc(CC(F)(F)F)cc45)C[C@@H]3C2)cn1. The quantitative estimate of drug-likeness (QED) is 0.567. The zero-order valence-corrected chi connectivity index (χ0v) is 18.5. The van der Waals surface area contributed by atoms with E-state index in [2.05, 4.69) is 24.8 Å². The predicted molar refractivity (Wildman–Crippen MR) is 117 cm³/mol. The van der Waals surface area contributed by atoms with Crippen LogP contribution >= 0.6 is 11.3 Å². The van der Waals surface area contributed by atoms with Crippen LogP contribution in [0.1, 0.15) is 16.9 Å². The summed E-state index contributed by atoms with van der Waals surface area (Å²) in [6, 6.07) is 5.55. The Morgan fingerprint density at radius 3 is 2.72 bits per heavy atom. The molecular weight excluding hydrogens is 439 g/mol. The number of methoxy groups -OCH3 is 1. The molecule has 0 amide bonds. The standard InChI is InChI=1S/C22H24F3N5OS/c1-31-19-3-2-14(8-26-19)9-29-5-4-15-11-30(12-16(15)10-29)20-18-6-17(7-22(23,24)25)32-21(18)28-13-27-20/h2-3,6,8,13,15-16H,4-5,7,9-12H2,1H3/t15-,16+/m1/s1. The van der Waals surface area contributed by atoms with E-state index in [0.717, 1.165) is 67.2 Å². The number of anilines is 1. The Morgan fingerprint density at radius 2 is 1.97 bits per heavy atom. The molecule has 3 aromatic heterocycles. The number of alkyl halides is 3. The van der Waals surface area contributed by atoms with Crippen LogP contribution in [0.25, 0.3) is 10.2 Å². The predicted octanol–water partition coefficient (Wildman–Crippen LogP) is 4.16. The van der Waals surface area contributed by atoms with Crippen LogP contribution in [0.4, 0.5) is 19.0 Å². The summed E-state index contributed by atoms with van der Waals surface area (Å²) < 4.78 is 43.7. The van der Waals surface area contributed by atoms with Crippen molar-refractivity contribution in [3.63, 3.8) is 0 Å². The highest BCUT2D eigenvalue weighted by Crippen LogP contribution is 2.38. The molecule has 2 atom stereocenters. The second-order valence-electron chi connectivity index (χ2n) is 8.58. The zero-order chi connectivity index (χ0) is 22.3. The van der Waals surface area contributed by atoms with Gasteiger partial charge in [-0.2, -0.15) is 13.2 Å². The second kappa shape index (κ2) is 8.47. The van der Waals surface area contributed by atoms with E-state index in [1.54, 1.807) is 13.2 Å². The Hall–Kier alpha value is -2.46. The lowest BCUT2D eigenvalue weighted by Gasteiger charge is -2.34. The van der Waals surface area contributed by atoms with Gasteiger partial charge in [-0.05, 0) is 36.4 Å². The van der Waals surface area contributed by atoms with Crippen molar-refractivity contribution >= 4 is 27.4 Å². The van der Waals surface area contributed by atoms with Crippen molar-refractivity contribution in [1.82, 2.24) is 19.9 Å². The highest BCUT2D eigenvalue weighted by atomic mass is 32.1. The van der Waals surface area contributed by atoms with Gasteiger partial charge in [0.05, 0.1) is 18.9 Å². The van der Waals surface area contributed by atoms with Gasteiger partial charge in [0.1, 0.15) is 17.0 Å². The number of hydrogen-bond acceptors (Lipinski definition) is 7. The fourth-order valence-electron chi connectivity index (χ4n) is 4.87. The maximum atomic E-state index is 12.8. The first-order valence-electron chi connectivity index (χ1n) is 10.6. The van der Waals surface area contributed by atoms with E-state index in [0.29, 0.717) is 22.5 Å². The summed E-state index contributed by atoms with van der Waals surface area (Å²) >= 11 is 1.11. The van der Waals surface area contributed by atoms with Gasteiger partial charge in [0.15, 0.2) is 0 Å². The molecule has 6 nitrogen and oxygen atoms in total. The van der Waals surface area contributed by atoms with E-state index >= 15 is 0 Å². The molecule has 0 aliphatic carbocycles. The van der Waals surface area contributed by atoms with E-state index in [1.165, 1.54) is 6.33 Å². The number of aromatic nitrogens is 3. The molecular formula is C22H24F3N5OS. The van der Waals surface area contributed by atoms with Crippen molar-refractivity contribution in [3.8, 4) is 5.88 Å². The molecule has 2 aliphatic heterocycles. The Balaban J connectivity index is 1.28. The van der Waals surface area contributed by atoms with E-state index in [4.69, 9.17) is 4.74 Å². The van der Waals surface area contributed by atoms with Crippen molar-refractivity contribution < 1.29 is 17.9 Å². The molecule has 5 rings (SSSR count). The molecule has 0 aromatic carbocycles. The maximum Gasteiger partial charge on any atom is 0.393 e. The molecule has 0 saturated carbocycles. The number of ether oxygens (including phenoxy) is 1. The third kappa shape index (κ3) is 4.52. The third-order valence-corrected chi connectivity index (χ3v) is 7.37. The molecule has 2 fully saturated rings. The summed E-state index contributed by atoms with van der Waals surface area (Å²) in [6.07, 6.45) is -0.717. The van der Waals surface area contributed by atoms with Crippen LogP contribution in [-0.2, 0) is 13.0 Å². The monoisotopic (exact) mass is 463 g/mol. The number of thiophene rings is 1. The molecule has 2 aliphatic rings. The minimum atomic E-state index is -4.22. The molecule has 5 heterocycles. The largest absolute Gasteiger partial charge is 0.481 e. The second-order valence-corrected chi connectivity index (χ2v) is 9.69. The third-order valence-electron chi connectivity index (χ3n) is 6.33. The number of pyridine rings is 1. The summed E-state index contributed by atoms with van der Waals surface area (Å²) in [5.41, 5.74) is 1.16. The summed E-state index contributed by atoms with van der Waals surface area (Å²) in [6.45, 7) is 4.61. The van der Waals surface area contributed by atoms with Gasteiger partial charge in [-0.15, -0.1) is 11.3 Å². The number of nitrogens with zero attached hydrogens (tertiary/aromatic N) is 5. The van der Waals surface area contributed by atoms with E-state index in [-0.39, 0.29) is 4.88 Å². The average molecular weight is 464 g/mol. The van der Waals surface area contributed by atoms with Crippen molar-refractivity contribution in [2.75, 3.05) is 38.2 Å². The molecule has 0 N–H and O–H groups in total. The van der Waals surface area contributed by atoms with Crippen LogP contribution in [0.5, 0.6) is 5.88 Å². The van der Waals surface area contributed by atoms with E-state index < -0.39 is 12.6 Å². The normalized spacial score (nSPS) is 21.8. The topological polar surface area (TPSA) is 54.4 Å². The molecule has 0 spiro atoms. The molecule has 0 unspecified atom stereocenters. The van der Waals surface area contributed by atoms with Crippen molar-refractivity contribution in [2.24, 2.45) is 11.8 Å². The smallest absolute Gasteiger partial charge is 0.393 e. The molecule has 32 heavy (non-hydrogen) atoms. The minimum Gasteiger partial charge on any atom is -0.481 e. The summed E-state index contributed by atoms with van der Waals surface area (Å²) in [5.74, 6) is 2.45. The maximum absolute atomic E-state index is 12.8. The lowest BCUT2D eigenvalue weighted by atomic mass is 9.88. The number of halogens is 3. The number of hydrogen-bond donors (Lipinski definition) is 0. The highest BCUT2D eigenvalue weighted by molar-refractivity contribution is 7.18. The van der Waals surface area contributed by atoms with Crippen molar-refractivity contribution in [3.05, 3.63) is 41.2 Å². The molecule has 170 valence electrons. The lowest BCUT2D eigenvalue weighted by molar-refractivity contribution is -0.126. The minimum absolute atomic E-state index is 0.283. The van der Waals surface area contributed by atoms with Crippen LogP contribution in [0, 0.1) is 11.8 Å². The van der Waals surface area contributed by atoms with E-state index in [9.17, 15) is 13.2 Å². The molecule has 3 aromatic rings. The Kier molecular flexibility index (Phi) is 5.66. The van der Waals surface area contributed by atoms with Crippen LogP contribution < -0.4 is 9.64 Å². The van der Waals surface area contributed by atoms with Crippen LogP contribution in [0.3, 0.4) is 0 Å². The van der Waals surface area contributed by atoms with Crippen molar-refractivity contribution in [1.29, 1.82) is 0 Å². The number of rotatable bonds is 5. The lowest BCUT2D eigenvalue weighted by Crippen LogP contribution is -2.39. The van der Waals surface area contributed by atoms with Gasteiger partial charge in [0.2, 0.25) is 5.88 Å². The van der Waals surface area contributed by atoms with E-state index in [1.807, 2.05) is 18.3 Å². The average Bonchev–Trinajstić information content (AvgIpc) is 3.35. The summed E-state index contributed by atoms with van der Waals surface area (Å²) in [7, 11) is 1.61. The fraction of sp³-hybridized carbons (Fsp3) is 0.500. The number of likely N-dealkylation sites (tertiary alicyclic amines) is 1.